The van der Waals surface area contributed by atoms with Crippen LogP contribution in [0, 0.1) is 6.92 Å². The Morgan fingerprint density at radius 3 is 2.77 bits per heavy atom. The number of hydrogen-bond donors (Lipinski definition) is 0. The second kappa shape index (κ2) is 7.40. The number of pyridine rings is 1. The van der Waals surface area contributed by atoms with E-state index in [9.17, 15) is 4.79 Å². The third-order valence-electron chi connectivity index (χ3n) is 5.80. The normalized spacial score (nSPS) is 20.8. The maximum Gasteiger partial charge on any atom is 0.410 e. The monoisotopic (exact) mass is 401 g/mol. The first kappa shape index (κ1) is 18.5. The predicted octanol–water partition coefficient (Wildman–Crippen LogP) is 3.10. The van der Waals surface area contributed by atoms with E-state index in [1.807, 2.05) is 48.2 Å². The number of aryl methyl sites for hydroxylation is 1. The second-order valence-corrected chi connectivity index (χ2v) is 7.95. The number of ether oxygens (including phenoxy) is 1. The van der Waals surface area contributed by atoms with E-state index in [0.29, 0.717) is 32.1 Å². The fourth-order valence-electron chi connectivity index (χ4n) is 4.37. The summed E-state index contributed by atoms with van der Waals surface area (Å²) in [5.41, 5.74) is 2.58. The molecule has 2 aliphatic heterocycles. The smallest absolute Gasteiger partial charge is 0.410 e. The number of aromatic nitrogens is 3. The molecule has 0 spiro atoms. The number of anilines is 1. The molecule has 152 valence electrons. The van der Waals surface area contributed by atoms with E-state index in [2.05, 4.69) is 27.0 Å². The number of fused-ring (bicyclic) bond motifs is 1. The van der Waals surface area contributed by atoms with Gasteiger partial charge in [-0.2, -0.15) is 0 Å². The molecule has 1 atom stereocenters. The minimum Gasteiger partial charge on any atom is -0.447 e. The van der Waals surface area contributed by atoms with Crippen LogP contribution in [0.15, 0.2) is 60.9 Å². The zero-order valence-electron chi connectivity index (χ0n) is 16.9. The van der Waals surface area contributed by atoms with Gasteiger partial charge < -0.3 is 9.64 Å². The lowest BCUT2D eigenvalue weighted by Gasteiger charge is -2.45. The molecule has 0 aliphatic carbocycles. The van der Waals surface area contributed by atoms with E-state index in [1.165, 1.54) is 5.56 Å². The van der Waals surface area contributed by atoms with Gasteiger partial charge in [0.1, 0.15) is 18.0 Å². The van der Waals surface area contributed by atoms with E-state index < -0.39 is 5.54 Å². The van der Waals surface area contributed by atoms with Crippen molar-refractivity contribution in [1.82, 2.24) is 19.9 Å². The summed E-state index contributed by atoms with van der Waals surface area (Å²) in [6.07, 6.45) is 4.04. The molecule has 1 amide bonds. The average Bonchev–Trinajstić information content (AvgIpc) is 3.10. The minimum atomic E-state index is -0.399. The van der Waals surface area contributed by atoms with Gasteiger partial charge in [-0.15, -0.1) is 0 Å². The summed E-state index contributed by atoms with van der Waals surface area (Å²) in [5.74, 6) is 1.53. The maximum absolute atomic E-state index is 12.4. The molecule has 30 heavy (non-hydrogen) atoms. The van der Waals surface area contributed by atoms with Crippen molar-refractivity contribution in [3.05, 3.63) is 72.2 Å². The predicted molar refractivity (Wildman–Crippen MR) is 113 cm³/mol. The van der Waals surface area contributed by atoms with Gasteiger partial charge in [0.25, 0.3) is 0 Å². The molecule has 0 radical (unpaired) electrons. The van der Waals surface area contributed by atoms with Crippen LogP contribution in [-0.4, -0.2) is 57.7 Å². The Hall–Kier alpha value is -3.48. The summed E-state index contributed by atoms with van der Waals surface area (Å²) < 4.78 is 5.50. The second-order valence-electron chi connectivity index (χ2n) is 7.95. The van der Waals surface area contributed by atoms with Crippen LogP contribution < -0.4 is 4.90 Å². The van der Waals surface area contributed by atoms with E-state index in [-0.39, 0.29) is 6.09 Å². The van der Waals surface area contributed by atoms with Crippen LogP contribution in [0.4, 0.5) is 10.6 Å². The molecule has 0 bridgehead atoms. The standard InChI is InChI=1S/C23H23N5O2/c1-17-12-20(26-21(25-17)19-8-5-9-24-14-19)27-10-11-28-22(29)30-16-23(28,15-27)13-18-6-3-2-4-7-18/h2-9,12,14H,10-11,13,15-16H2,1H3. The number of cyclic esters (lactones) is 1. The van der Waals surface area contributed by atoms with Gasteiger partial charge in [-0.3, -0.25) is 9.88 Å². The lowest BCUT2D eigenvalue weighted by molar-refractivity contribution is 0.140. The van der Waals surface area contributed by atoms with Crippen LogP contribution in [0.3, 0.4) is 0 Å². The van der Waals surface area contributed by atoms with Crippen molar-refractivity contribution in [2.75, 3.05) is 31.1 Å². The number of rotatable bonds is 4. The van der Waals surface area contributed by atoms with Crippen molar-refractivity contribution < 1.29 is 9.53 Å². The number of piperazine rings is 1. The van der Waals surface area contributed by atoms with Crippen molar-refractivity contribution in [2.24, 2.45) is 0 Å². The van der Waals surface area contributed by atoms with Crippen LogP contribution in [0.2, 0.25) is 0 Å². The van der Waals surface area contributed by atoms with Crippen LogP contribution in [0.1, 0.15) is 11.3 Å². The van der Waals surface area contributed by atoms with Gasteiger partial charge in [-0.1, -0.05) is 30.3 Å². The van der Waals surface area contributed by atoms with Gasteiger partial charge in [0.15, 0.2) is 5.82 Å². The Labute approximate surface area is 175 Å². The molecular formula is C23H23N5O2. The summed E-state index contributed by atoms with van der Waals surface area (Å²) in [7, 11) is 0. The highest BCUT2D eigenvalue weighted by Gasteiger charge is 2.51. The summed E-state index contributed by atoms with van der Waals surface area (Å²) in [5, 5.41) is 0. The van der Waals surface area contributed by atoms with Gasteiger partial charge >= 0.3 is 6.09 Å². The molecule has 2 fully saturated rings. The van der Waals surface area contributed by atoms with Crippen molar-refractivity contribution in [3.8, 4) is 11.4 Å². The van der Waals surface area contributed by atoms with Crippen molar-refractivity contribution in [1.29, 1.82) is 0 Å². The first-order valence-electron chi connectivity index (χ1n) is 10.1. The van der Waals surface area contributed by atoms with E-state index in [4.69, 9.17) is 9.72 Å². The van der Waals surface area contributed by atoms with Crippen LogP contribution >= 0.6 is 0 Å². The Bertz CT molecular complexity index is 1060. The fourth-order valence-corrected chi connectivity index (χ4v) is 4.37. The van der Waals surface area contributed by atoms with Gasteiger partial charge in [0.05, 0.1) is 0 Å². The van der Waals surface area contributed by atoms with Gasteiger partial charge in [-0.25, -0.2) is 14.8 Å². The maximum atomic E-state index is 12.4. The van der Waals surface area contributed by atoms with Crippen molar-refractivity contribution in [3.63, 3.8) is 0 Å². The molecule has 1 unspecified atom stereocenters. The molecule has 3 aromatic rings. The minimum absolute atomic E-state index is 0.222. The first-order valence-corrected chi connectivity index (χ1v) is 10.1. The highest BCUT2D eigenvalue weighted by atomic mass is 16.6. The SMILES string of the molecule is Cc1cc(N2CCN3C(=O)OCC3(Cc3ccccc3)C2)nc(-c2cccnc2)n1. The summed E-state index contributed by atoms with van der Waals surface area (Å²) in [6.45, 7) is 4.34. The lowest BCUT2D eigenvalue weighted by atomic mass is 9.88. The van der Waals surface area contributed by atoms with E-state index >= 15 is 0 Å². The average molecular weight is 401 g/mol. The van der Waals surface area contributed by atoms with Crippen LogP contribution in [0.25, 0.3) is 11.4 Å². The van der Waals surface area contributed by atoms with E-state index in [0.717, 1.165) is 23.5 Å². The molecule has 0 N–H and O–H groups in total. The molecular weight excluding hydrogens is 378 g/mol. The number of benzene rings is 1. The molecule has 7 nitrogen and oxygen atoms in total. The number of carbonyl (C=O) groups is 1. The highest BCUT2D eigenvalue weighted by molar-refractivity contribution is 5.72. The third-order valence-corrected chi connectivity index (χ3v) is 5.80. The topological polar surface area (TPSA) is 71.5 Å². The molecule has 2 saturated heterocycles. The Kier molecular flexibility index (Phi) is 4.58. The Balaban J connectivity index is 1.48. The molecule has 2 aromatic heterocycles. The molecule has 4 heterocycles. The van der Waals surface area contributed by atoms with Crippen molar-refractivity contribution in [2.45, 2.75) is 18.9 Å². The highest BCUT2D eigenvalue weighted by Crippen LogP contribution is 2.34. The quantitative estimate of drug-likeness (QED) is 0.669. The summed E-state index contributed by atoms with van der Waals surface area (Å²) in [6, 6.07) is 16.1. The number of amides is 1. The Morgan fingerprint density at radius 1 is 1.10 bits per heavy atom. The molecule has 0 saturated carbocycles. The number of nitrogens with zero attached hydrogens (tertiary/aromatic N) is 5. The number of hydrogen-bond acceptors (Lipinski definition) is 6. The lowest BCUT2D eigenvalue weighted by Crippen LogP contribution is -2.62. The first-order chi connectivity index (χ1) is 14.6. The van der Waals surface area contributed by atoms with E-state index in [1.54, 1.807) is 12.4 Å². The van der Waals surface area contributed by atoms with Gasteiger partial charge in [0, 0.05) is 55.8 Å². The molecule has 2 aliphatic rings. The van der Waals surface area contributed by atoms with Crippen molar-refractivity contribution >= 4 is 11.9 Å². The summed E-state index contributed by atoms with van der Waals surface area (Å²) in [4.78, 5) is 30.1. The third kappa shape index (κ3) is 3.36. The number of carbonyl (C=O) groups excluding carboxylic acids is 1. The molecule has 1 aromatic carbocycles. The van der Waals surface area contributed by atoms with Crippen LogP contribution in [-0.2, 0) is 11.2 Å². The van der Waals surface area contributed by atoms with Gasteiger partial charge in [0.2, 0.25) is 0 Å². The van der Waals surface area contributed by atoms with Crippen LogP contribution in [0.5, 0.6) is 0 Å². The summed E-state index contributed by atoms with van der Waals surface area (Å²) >= 11 is 0. The molecule has 5 rings (SSSR count). The zero-order valence-corrected chi connectivity index (χ0v) is 16.9. The Morgan fingerprint density at radius 2 is 1.97 bits per heavy atom. The fraction of sp³-hybridized carbons (Fsp3) is 0.304. The molecule has 7 heteroatoms. The largest absolute Gasteiger partial charge is 0.447 e. The zero-order chi connectivity index (χ0) is 20.6. The van der Waals surface area contributed by atoms with Gasteiger partial charge in [-0.05, 0) is 24.6 Å².